The summed E-state index contributed by atoms with van der Waals surface area (Å²) in [4.78, 5) is 12.1. The van der Waals surface area contributed by atoms with Gasteiger partial charge < -0.3 is 0 Å². The number of hydrogen-bond acceptors (Lipinski definition) is 3. The number of hydrogen-bond donors (Lipinski definition) is 2. The van der Waals surface area contributed by atoms with E-state index in [-0.39, 0.29) is 16.3 Å². The topological polar surface area (TPSA) is 55.1 Å². The third kappa shape index (κ3) is 3.93. The van der Waals surface area contributed by atoms with Gasteiger partial charge in [-0.1, -0.05) is 11.6 Å². The molecule has 0 atom stereocenters. The summed E-state index contributed by atoms with van der Waals surface area (Å²) >= 11 is 6.97. The zero-order valence-corrected chi connectivity index (χ0v) is 12.3. The molecule has 2 rings (SSSR count). The van der Waals surface area contributed by atoms with Crippen molar-refractivity contribution in [3.63, 3.8) is 0 Å². The molecule has 3 nitrogen and oxygen atoms in total. The van der Waals surface area contributed by atoms with Crippen molar-refractivity contribution in [2.75, 3.05) is 0 Å². The Balaban J connectivity index is 2.15. The smallest absolute Gasteiger partial charge is 0.265 e. The van der Waals surface area contributed by atoms with Crippen molar-refractivity contribution in [3.05, 3.63) is 64.2 Å². The van der Waals surface area contributed by atoms with E-state index in [0.717, 1.165) is 0 Å². The Labute approximate surface area is 129 Å². The molecule has 0 heterocycles. The molecule has 3 N–H and O–H groups in total. The summed E-state index contributed by atoms with van der Waals surface area (Å²) in [5.74, 6) is 3.89. The van der Waals surface area contributed by atoms with E-state index in [1.807, 2.05) is 5.43 Å². The van der Waals surface area contributed by atoms with Crippen molar-refractivity contribution in [1.82, 2.24) is 5.43 Å². The van der Waals surface area contributed by atoms with Gasteiger partial charge in [-0.15, -0.1) is 11.8 Å². The highest BCUT2D eigenvalue weighted by Gasteiger charge is 2.10. The Morgan fingerprint density at radius 1 is 1.19 bits per heavy atom. The number of nitrogens with two attached hydrogens (primary N) is 1. The van der Waals surface area contributed by atoms with E-state index in [1.54, 1.807) is 6.07 Å². The average molecular weight is 329 g/mol. The number of rotatable bonds is 4. The Morgan fingerprint density at radius 2 is 1.90 bits per heavy atom. The van der Waals surface area contributed by atoms with Crippen LogP contribution < -0.4 is 11.3 Å². The van der Waals surface area contributed by atoms with Gasteiger partial charge in [0.25, 0.3) is 5.91 Å². The van der Waals surface area contributed by atoms with Crippen LogP contribution in [-0.2, 0) is 5.75 Å². The number of carbonyl (C=O) groups excluding carboxylic acids is 1. The second-order valence-corrected chi connectivity index (χ2v) is 5.60. The lowest BCUT2D eigenvalue weighted by atomic mass is 10.1. The molecule has 2 aromatic rings. The molecule has 0 spiro atoms. The Morgan fingerprint density at radius 3 is 2.57 bits per heavy atom. The van der Waals surface area contributed by atoms with Crippen LogP contribution in [0.5, 0.6) is 0 Å². The number of nitrogen functional groups attached to an aromatic ring is 1. The summed E-state index contributed by atoms with van der Waals surface area (Å²) in [6, 6.07) is 8.25. The van der Waals surface area contributed by atoms with Gasteiger partial charge in [-0.2, -0.15) is 0 Å². The molecule has 0 aromatic heterocycles. The van der Waals surface area contributed by atoms with Crippen LogP contribution in [0.25, 0.3) is 0 Å². The zero-order chi connectivity index (χ0) is 15.4. The summed E-state index contributed by atoms with van der Waals surface area (Å²) in [7, 11) is 0. The van der Waals surface area contributed by atoms with Crippen molar-refractivity contribution in [2.24, 2.45) is 5.84 Å². The standard InChI is InChI=1S/C14H11ClF2N2OS/c15-11-6-10(2-4-13(11)17)21-7-9-5-8(14(20)19-18)1-3-12(9)16/h1-6H,7,18H2,(H,19,20). The second kappa shape index (κ2) is 6.89. The van der Waals surface area contributed by atoms with E-state index >= 15 is 0 Å². The molecule has 0 aliphatic carbocycles. The minimum atomic E-state index is -0.506. The molecule has 2 aromatic carbocycles. The predicted molar refractivity (Wildman–Crippen MR) is 79.0 cm³/mol. The molecule has 0 fully saturated rings. The molecule has 0 unspecified atom stereocenters. The number of thioether (sulfide) groups is 1. The third-order valence-corrected chi connectivity index (χ3v) is 4.06. The van der Waals surface area contributed by atoms with Gasteiger partial charge in [-0.3, -0.25) is 10.2 Å². The maximum absolute atomic E-state index is 13.7. The van der Waals surface area contributed by atoms with Crippen molar-refractivity contribution in [2.45, 2.75) is 10.6 Å². The summed E-state index contributed by atoms with van der Waals surface area (Å²) in [5.41, 5.74) is 2.61. The molecule has 21 heavy (non-hydrogen) atoms. The van der Waals surface area contributed by atoms with Crippen molar-refractivity contribution in [3.8, 4) is 0 Å². The van der Waals surface area contributed by atoms with E-state index < -0.39 is 17.5 Å². The van der Waals surface area contributed by atoms with Crippen LogP contribution in [0.2, 0.25) is 5.02 Å². The largest absolute Gasteiger partial charge is 0.290 e. The lowest BCUT2D eigenvalue weighted by molar-refractivity contribution is 0.0953. The summed E-state index contributed by atoms with van der Waals surface area (Å²) < 4.78 is 26.8. The van der Waals surface area contributed by atoms with Gasteiger partial charge in [0.1, 0.15) is 11.6 Å². The first kappa shape index (κ1) is 15.8. The molecule has 0 bridgehead atoms. The van der Waals surface area contributed by atoms with Crippen LogP contribution in [0.4, 0.5) is 8.78 Å². The van der Waals surface area contributed by atoms with Crippen molar-refractivity contribution >= 4 is 29.3 Å². The van der Waals surface area contributed by atoms with Gasteiger partial charge in [-0.05, 0) is 42.0 Å². The third-order valence-electron chi connectivity index (χ3n) is 2.72. The first-order valence-electron chi connectivity index (χ1n) is 5.88. The number of amides is 1. The second-order valence-electron chi connectivity index (χ2n) is 4.14. The van der Waals surface area contributed by atoms with Crippen LogP contribution >= 0.6 is 23.4 Å². The van der Waals surface area contributed by atoms with Crippen molar-refractivity contribution < 1.29 is 13.6 Å². The fourth-order valence-corrected chi connectivity index (χ4v) is 2.79. The van der Waals surface area contributed by atoms with Gasteiger partial charge in [0.2, 0.25) is 0 Å². The van der Waals surface area contributed by atoms with Crippen LogP contribution in [0.15, 0.2) is 41.3 Å². The minimum absolute atomic E-state index is 0.0109. The van der Waals surface area contributed by atoms with Crippen LogP contribution in [0.3, 0.4) is 0 Å². The maximum Gasteiger partial charge on any atom is 0.265 e. The highest BCUT2D eigenvalue weighted by molar-refractivity contribution is 7.98. The van der Waals surface area contributed by atoms with Gasteiger partial charge in [0.05, 0.1) is 5.02 Å². The van der Waals surface area contributed by atoms with E-state index in [4.69, 9.17) is 17.4 Å². The number of benzene rings is 2. The van der Waals surface area contributed by atoms with E-state index in [1.165, 1.54) is 42.1 Å². The van der Waals surface area contributed by atoms with Crippen LogP contribution in [0, 0.1) is 11.6 Å². The van der Waals surface area contributed by atoms with Gasteiger partial charge >= 0.3 is 0 Å². The molecular weight excluding hydrogens is 318 g/mol. The molecule has 1 amide bonds. The number of nitrogens with one attached hydrogen (secondary N) is 1. The fraction of sp³-hybridized carbons (Fsp3) is 0.0714. The molecule has 0 radical (unpaired) electrons. The lowest BCUT2D eigenvalue weighted by Crippen LogP contribution is -2.30. The molecule has 110 valence electrons. The Bertz CT molecular complexity index is 682. The van der Waals surface area contributed by atoms with Gasteiger partial charge in [-0.25, -0.2) is 14.6 Å². The highest BCUT2D eigenvalue weighted by atomic mass is 35.5. The van der Waals surface area contributed by atoms with Crippen molar-refractivity contribution in [1.29, 1.82) is 0 Å². The molecule has 7 heteroatoms. The van der Waals surface area contributed by atoms with E-state index in [0.29, 0.717) is 10.5 Å². The number of halogens is 3. The minimum Gasteiger partial charge on any atom is -0.290 e. The van der Waals surface area contributed by atoms with Gasteiger partial charge in [0.15, 0.2) is 0 Å². The Kier molecular flexibility index (Phi) is 5.17. The summed E-state index contributed by atoms with van der Waals surface area (Å²) in [6.07, 6.45) is 0. The first-order valence-corrected chi connectivity index (χ1v) is 7.25. The van der Waals surface area contributed by atoms with Crippen LogP contribution in [-0.4, -0.2) is 5.91 Å². The lowest BCUT2D eigenvalue weighted by Gasteiger charge is -2.07. The van der Waals surface area contributed by atoms with E-state index in [2.05, 4.69) is 0 Å². The number of hydrazine groups is 1. The normalized spacial score (nSPS) is 10.5. The van der Waals surface area contributed by atoms with E-state index in [9.17, 15) is 13.6 Å². The highest BCUT2D eigenvalue weighted by Crippen LogP contribution is 2.28. The SMILES string of the molecule is NNC(=O)c1ccc(F)c(CSc2ccc(F)c(Cl)c2)c1. The fourth-order valence-electron chi connectivity index (χ4n) is 1.64. The van der Waals surface area contributed by atoms with Crippen LogP contribution in [0.1, 0.15) is 15.9 Å². The zero-order valence-electron chi connectivity index (χ0n) is 10.7. The monoisotopic (exact) mass is 328 g/mol. The first-order chi connectivity index (χ1) is 10.0. The molecule has 0 saturated heterocycles. The Hall–Kier alpha value is -1.63. The number of carbonyl (C=O) groups is 1. The molecular formula is C14H11ClF2N2OS. The summed E-state index contributed by atoms with van der Waals surface area (Å²) in [5, 5.41) is 0.0109. The summed E-state index contributed by atoms with van der Waals surface area (Å²) in [6.45, 7) is 0. The predicted octanol–water partition coefficient (Wildman–Crippen LogP) is 3.51. The molecule has 0 aliphatic rings. The van der Waals surface area contributed by atoms with Gasteiger partial charge in [0, 0.05) is 16.2 Å². The molecule has 0 aliphatic heterocycles. The quantitative estimate of drug-likeness (QED) is 0.391. The molecule has 0 saturated carbocycles. The maximum atomic E-state index is 13.7. The average Bonchev–Trinajstić information content (AvgIpc) is 2.49.